The van der Waals surface area contributed by atoms with Crippen molar-refractivity contribution in [2.75, 3.05) is 6.54 Å². The Kier molecular flexibility index (Phi) is 6.40. The summed E-state index contributed by atoms with van der Waals surface area (Å²) in [5.41, 5.74) is 0.335. The van der Waals surface area contributed by atoms with Gasteiger partial charge in [0.15, 0.2) is 0 Å². The standard InChI is InChI=1S/C17H26N2O3/c1-6-7-8-9-12(2)13-10-14(15(20)18-11-13)19-16(21)22-17(3,4)5/h6-9,13-14H,2,10-11H2,1,3-5H3,(H,18,20)(H,19,21)/b7-6-,9-8-/t13-,14+/m1/s1. The number of hydrogen-bond acceptors (Lipinski definition) is 3. The first-order chi connectivity index (χ1) is 10.2. The molecule has 0 spiro atoms. The van der Waals surface area contributed by atoms with Crippen molar-refractivity contribution in [2.45, 2.75) is 45.8 Å². The Morgan fingerprint density at radius 2 is 2.09 bits per heavy atom. The summed E-state index contributed by atoms with van der Waals surface area (Å²) < 4.78 is 5.19. The van der Waals surface area contributed by atoms with E-state index in [0.717, 1.165) is 5.57 Å². The van der Waals surface area contributed by atoms with E-state index in [0.29, 0.717) is 13.0 Å². The summed E-state index contributed by atoms with van der Waals surface area (Å²) in [6.07, 6.45) is 7.62. The Bertz CT molecular complexity index is 487. The number of rotatable bonds is 4. The smallest absolute Gasteiger partial charge is 0.408 e. The van der Waals surface area contributed by atoms with Gasteiger partial charge < -0.3 is 15.4 Å². The topological polar surface area (TPSA) is 67.4 Å². The van der Waals surface area contributed by atoms with E-state index >= 15 is 0 Å². The third kappa shape index (κ3) is 6.16. The van der Waals surface area contributed by atoms with Gasteiger partial charge in [-0.2, -0.15) is 0 Å². The molecule has 0 bridgehead atoms. The lowest BCUT2D eigenvalue weighted by Crippen LogP contribution is -2.54. The number of ether oxygens (including phenoxy) is 1. The predicted octanol–water partition coefficient (Wildman–Crippen LogP) is 2.70. The molecule has 1 aliphatic heterocycles. The molecule has 0 aromatic heterocycles. The van der Waals surface area contributed by atoms with Gasteiger partial charge in [-0.15, -0.1) is 0 Å². The normalized spacial score (nSPS) is 22.6. The van der Waals surface area contributed by atoms with E-state index in [-0.39, 0.29) is 11.8 Å². The molecule has 0 aromatic rings. The van der Waals surface area contributed by atoms with Crippen LogP contribution in [-0.4, -0.2) is 30.2 Å². The number of amides is 2. The van der Waals surface area contributed by atoms with Crippen molar-refractivity contribution in [1.82, 2.24) is 10.6 Å². The summed E-state index contributed by atoms with van der Waals surface area (Å²) in [5.74, 6) is -0.0912. The maximum Gasteiger partial charge on any atom is 0.408 e. The first kappa shape index (κ1) is 18.0. The zero-order chi connectivity index (χ0) is 16.8. The van der Waals surface area contributed by atoms with E-state index in [9.17, 15) is 9.59 Å². The van der Waals surface area contributed by atoms with Crippen LogP contribution in [0.25, 0.3) is 0 Å². The highest BCUT2D eigenvalue weighted by molar-refractivity contribution is 5.86. The summed E-state index contributed by atoms with van der Waals surface area (Å²) in [4.78, 5) is 23.7. The van der Waals surface area contributed by atoms with Gasteiger partial charge in [0, 0.05) is 12.5 Å². The monoisotopic (exact) mass is 306 g/mol. The van der Waals surface area contributed by atoms with E-state index in [1.807, 2.05) is 31.2 Å². The van der Waals surface area contributed by atoms with Gasteiger partial charge in [0.2, 0.25) is 5.91 Å². The molecule has 0 aromatic carbocycles. The van der Waals surface area contributed by atoms with Crippen molar-refractivity contribution in [3.8, 4) is 0 Å². The molecule has 5 nitrogen and oxygen atoms in total. The first-order valence-corrected chi connectivity index (χ1v) is 7.48. The van der Waals surface area contributed by atoms with Crippen LogP contribution in [0.3, 0.4) is 0 Å². The van der Waals surface area contributed by atoms with Crippen LogP contribution in [0, 0.1) is 5.92 Å². The van der Waals surface area contributed by atoms with Crippen LogP contribution in [0.1, 0.15) is 34.1 Å². The maximum atomic E-state index is 11.9. The SMILES string of the molecule is C=C(/C=C\C=C/C)[C@H]1CNC(=O)[C@@H](NC(=O)OC(C)(C)C)C1. The average molecular weight is 306 g/mol. The molecular weight excluding hydrogens is 280 g/mol. The average Bonchev–Trinajstić information content (AvgIpc) is 2.39. The van der Waals surface area contributed by atoms with E-state index in [2.05, 4.69) is 17.2 Å². The number of carbonyl (C=O) groups excluding carboxylic acids is 2. The summed E-state index contributed by atoms with van der Waals surface area (Å²) in [5, 5.41) is 5.42. The van der Waals surface area contributed by atoms with E-state index in [1.165, 1.54) is 0 Å². The third-order valence-corrected chi connectivity index (χ3v) is 3.19. The molecule has 1 saturated heterocycles. The minimum atomic E-state index is -0.597. The number of nitrogens with one attached hydrogen (secondary N) is 2. The highest BCUT2D eigenvalue weighted by Crippen LogP contribution is 2.20. The van der Waals surface area contributed by atoms with E-state index in [1.54, 1.807) is 20.8 Å². The van der Waals surface area contributed by atoms with Crippen molar-refractivity contribution in [1.29, 1.82) is 0 Å². The lowest BCUT2D eigenvalue weighted by atomic mass is 9.89. The van der Waals surface area contributed by atoms with E-state index in [4.69, 9.17) is 4.74 Å². The number of carbonyl (C=O) groups is 2. The first-order valence-electron chi connectivity index (χ1n) is 7.48. The molecule has 2 atom stereocenters. The molecule has 5 heteroatoms. The molecule has 0 saturated carbocycles. The van der Waals surface area contributed by atoms with Gasteiger partial charge >= 0.3 is 6.09 Å². The van der Waals surface area contributed by atoms with Crippen molar-refractivity contribution in [3.05, 3.63) is 36.5 Å². The van der Waals surface area contributed by atoms with Crippen LogP contribution in [0.15, 0.2) is 36.5 Å². The van der Waals surface area contributed by atoms with Gasteiger partial charge in [0.05, 0.1) is 0 Å². The largest absolute Gasteiger partial charge is 0.444 e. The molecule has 0 unspecified atom stereocenters. The number of hydrogen-bond donors (Lipinski definition) is 2. The summed E-state index contributed by atoms with van der Waals surface area (Å²) in [6.45, 7) is 11.8. The van der Waals surface area contributed by atoms with Crippen LogP contribution < -0.4 is 10.6 Å². The molecular formula is C17H26N2O3. The fourth-order valence-electron chi connectivity index (χ4n) is 2.10. The Labute approximate surface area is 132 Å². The Morgan fingerprint density at radius 1 is 1.41 bits per heavy atom. The Balaban J connectivity index is 2.62. The second-order valence-electron chi connectivity index (χ2n) is 6.34. The van der Waals surface area contributed by atoms with Gasteiger partial charge in [0.25, 0.3) is 0 Å². The van der Waals surface area contributed by atoms with Gasteiger partial charge in [-0.1, -0.05) is 36.5 Å². The zero-order valence-electron chi connectivity index (χ0n) is 13.8. The summed E-state index contributed by atoms with van der Waals surface area (Å²) >= 11 is 0. The second-order valence-corrected chi connectivity index (χ2v) is 6.34. The molecule has 22 heavy (non-hydrogen) atoms. The molecule has 0 radical (unpaired) electrons. The van der Waals surface area contributed by atoms with Gasteiger partial charge in [-0.25, -0.2) is 4.79 Å². The minimum absolute atomic E-state index is 0.0964. The number of allylic oxidation sites excluding steroid dienone is 4. The zero-order valence-corrected chi connectivity index (χ0v) is 13.8. The molecule has 1 rings (SSSR count). The minimum Gasteiger partial charge on any atom is -0.444 e. The lowest BCUT2D eigenvalue weighted by molar-refractivity contribution is -0.125. The van der Waals surface area contributed by atoms with E-state index < -0.39 is 17.7 Å². The third-order valence-electron chi connectivity index (χ3n) is 3.19. The van der Waals surface area contributed by atoms with Crippen LogP contribution in [0.4, 0.5) is 4.79 Å². The van der Waals surface area contributed by atoms with Crippen LogP contribution >= 0.6 is 0 Å². The highest BCUT2D eigenvalue weighted by atomic mass is 16.6. The predicted molar refractivity (Wildman–Crippen MR) is 87.4 cm³/mol. The highest BCUT2D eigenvalue weighted by Gasteiger charge is 2.31. The fourth-order valence-corrected chi connectivity index (χ4v) is 2.10. The number of alkyl carbamates (subject to hydrolysis) is 1. The van der Waals surface area contributed by atoms with Crippen molar-refractivity contribution < 1.29 is 14.3 Å². The maximum absolute atomic E-state index is 11.9. The van der Waals surface area contributed by atoms with Crippen molar-refractivity contribution in [3.63, 3.8) is 0 Å². The quantitative estimate of drug-likeness (QED) is 0.785. The molecule has 0 aliphatic carbocycles. The summed E-state index contributed by atoms with van der Waals surface area (Å²) in [6, 6.07) is -0.597. The molecule has 1 aliphatic rings. The van der Waals surface area contributed by atoms with Crippen LogP contribution in [0.2, 0.25) is 0 Å². The molecule has 122 valence electrons. The Morgan fingerprint density at radius 3 is 2.68 bits per heavy atom. The van der Waals surface area contributed by atoms with Crippen molar-refractivity contribution in [2.24, 2.45) is 5.92 Å². The molecule has 1 heterocycles. The van der Waals surface area contributed by atoms with Crippen LogP contribution in [-0.2, 0) is 9.53 Å². The molecule has 1 fully saturated rings. The van der Waals surface area contributed by atoms with Gasteiger partial charge in [-0.3, -0.25) is 4.79 Å². The summed E-state index contributed by atoms with van der Waals surface area (Å²) in [7, 11) is 0. The lowest BCUT2D eigenvalue weighted by Gasteiger charge is -2.30. The van der Waals surface area contributed by atoms with Crippen LogP contribution in [0.5, 0.6) is 0 Å². The molecule has 2 N–H and O–H groups in total. The number of piperidine rings is 1. The van der Waals surface area contributed by atoms with Crippen molar-refractivity contribution >= 4 is 12.0 Å². The molecule has 2 amide bonds. The second kappa shape index (κ2) is 7.82. The fraction of sp³-hybridized carbons (Fsp3) is 0.529. The Hall–Kier alpha value is -2.04. The van der Waals surface area contributed by atoms with Gasteiger partial charge in [-0.05, 0) is 34.1 Å². The van der Waals surface area contributed by atoms with Gasteiger partial charge in [0.1, 0.15) is 11.6 Å².